The van der Waals surface area contributed by atoms with Crippen molar-refractivity contribution in [3.63, 3.8) is 0 Å². The van der Waals surface area contributed by atoms with Gasteiger partial charge in [0.25, 0.3) is 0 Å². The number of nitrogens with zero attached hydrogens (tertiary/aromatic N) is 3. The van der Waals surface area contributed by atoms with Crippen LogP contribution in [0.25, 0.3) is 0 Å². The molecular weight excluding hydrogens is 404 g/mol. The van der Waals surface area contributed by atoms with E-state index in [1.807, 2.05) is 18.3 Å². The van der Waals surface area contributed by atoms with Gasteiger partial charge in [-0.15, -0.1) is 0 Å². The molecule has 0 spiro atoms. The maximum atomic E-state index is 5.88. The van der Waals surface area contributed by atoms with E-state index in [2.05, 4.69) is 77.8 Å². The SMILES string of the molecule is COCCn1c(C)cc([C@H]2[C@@H](c3ccccn3)NC(=S)N2c2cc(C)cc(C)c2)c1C. The second kappa shape index (κ2) is 8.81. The van der Waals surface area contributed by atoms with E-state index >= 15 is 0 Å². The fourth-order valence-corrected chi connectivity index (χ4v) is 5.04. The zero-order valence-electron chi connectivity index (χ0n) is 18.8. The molecule has 5 nitrogen and oxygen atoms in total. The first kappa shape index (κ1) is 21.5. The molecule has 6 heteroatoms. The number of aromatic nitrogens is 2. The summed E-state index contributed by atoms with van der Waals surface area (Å²) in [7, 11) is 1.74. The molecule has 4 rings (SSSR count). The molecule has 1 aliphatic rings. The second-order valence-electron chi connectivity index (χ2n) is 8.31. The van der Waals surface area contributed by atoms with Crippen molar-refractivity contribution >= 4 is 23.0 Å². The first-order valence-electron chi connectivity index (χ1n) is 10.6. The van der Waals surface area contributed by atoms with Crippen molar-refractivity contribution in [3.05, 3.63) is 82.4 Å². The summed E-state index contributed by atoms with van der Waals surface area (Å²) in [4.78, 5) is 6.93. The molecule has 2 atom stereocenters. The number of ether oxygens (including phenoxy) is 1. The topological polar surface area (TPSA) is 42.3 Å². The normalized spacial score (nSPS) is 18.5. The van der Waals surface area contributed by atoms with Crippen molar-refractivity contribution in [3.8, 4) is 0 Å². The van der Waals surface area contributed by atoms with Crippen LogP contribution in [0.3, 0.4) is 0 Å². The predicted molar refractivity (Wildman–Crippen MR) is 130 cm³/mol. The number of thiocarbonyl (C=S) groups is 1. The number of hydrogen-bond donors (Lipinski definition) is 1. The average molecular weight is 435 g/mol. The largest absolute Gasteiger partial charge is 0.383 e. The van der Waals surface area contributed by atoms with Gasteiger partial charge >= 0.3 is 0 Å². The highest BCUT2D eigenvalue weighted by Gasteiger charge is 2.42. The molecule has 1 aromatic carbocycles. The lowest BCUT2D eigenvalue weighted by Crippen LogP contribution is -2.29. The fraction of sp³-hybridized carbons (Fsp3) is 0.360. The van der Waals surface area contributed by atoms with E-state index in [-0.39, 0.29) is 12.1 Å². The van der Waals surface area contributed by atoms with Gasteiger partial charge in [-0.1, -0.05) is 12.1 Å². The third-order valence-corrected chi connectivity index (χ3v) is 6.35. The molecule has 2 aromatic heterocycles. The lowest BCUT2D eigenvalue weighted by molar-refractivity contribution is 0.186. The standard InChI is InChI=1S/C25H30N4OS/c1-16-12-17(2)14-20(13-16)29-24(21-15-18(3)28(19(21)4)10-11-30-5)23(27-25(29)31)22-8-6-7-9-26-22/h6-9,12-15,23-24H,10-11H2,1-5H3,(H,27,31)/t23-,24+/m1/s1. The van der Waals surface area contributed by atoms with Crippen LogP contribution in [0.1, 0.15) is 45.9 Å². The maximum Gasteiger partial charge on any atom is 0.174 e. The molecule has 1 aliphatic heterocycles. The summed E-state index contributed by atoms with van der Waals surface area (Å²) < 4.78 is 7.67. The van der Waals surface area contributed by atoms with E-state index in [4.69, 9.17) is 17.0 Å². The first-order chi connectivity index (χ1) is 14.9. The van der Waals surface area contributed by atoms with Crippen LogP contribution in [0.15, 0.2) is 48.7 Å². The van der Waals surface area contributed by atoms with Gasteiger partial charge in [-0.2, -0.15) is 0 Å². The first-order valence-corrected chi connectivity index (χ1v) is 11.1. The maximum absolute atomic E-state index is 5.88. The number of hydrogen-bond acceptors (Lipinski definition) is 3. The van der Waals surface area contributed by atoms with Crippen molar-refractivity contribution in [2.45, 2.75) is 46.3 Å². The van der Waals surface area contributed by atoms with Gasteiger partial charge in [0.1, 0.15) is 0 Å². The summed E-state index contributed by atoms with van der Waals surface area (Å²) in [5.41, 5.74) is 8.27. The van der Waals surface area contributed by atoms with Gasteiger partial charge in [-0.3, -0.25) is 4.98 Å². The highest BCUT2D eigenvalue weighted by Crippen LogP contribution is 2.43. The Morgan fingerprint density at radius 3 is 2.45 bits per heavy atom. The number of nitrogens with one attached hydrogen (secondary N) is 1. The number of pyridine rings is 1. The number of rotatable bonds is 6. The molecule has 1 saturated heterocycles. The Morgan fingerprint density at radius 2 is 1.81 bits per heavy atom. The Labute approximate surface area is 190 Å². The molecule has 162 valence electrons. The van der Waals surface area contributed by atoms with Gasteiger partial charge < -0.3 is 19.5 Å². The number of aryl methyl sites for hydroxylation is 3. The predicted octanol–water partition coefficient (Wildman–Crippen LogP) is 4.94. The third kappa shape index (κ3) is 4.10. The molecular formula is C25H30N4OS. The summed E-state index contributed by atoms with van der Waals surface area (Å²) in [5, 5.41) is 4.30. The molecule has 31 heavy (non-hydrogen) atoms. The van der Waals surface area contributed by atoms with Crippen molar-refractivity contribution in [1.82, 2.24) is 14.9 Å². The van der Waals surface area contributed by atoms with E-state index in [0.717, 1.165) is 23.0 Å². The number of anilines is 1. The monoisotopic (exact) mass is 434 g/mol. The minimum atomic E-state index is -0.0362. The van der Waals surface area contributed by atoms with E-state index in [9.17, 15) is 0 Å². The summed E-state index contributed by atoms with van der Waals surface area (Å²) in [6.45, 7) is 10.1. The molecule has 0 bridgehead atoms. The van der Waals surface area contributed by atoms with E-state index in [1.54, 1.807) is 7.11 Å². The molecule has 0 radical (unpaired) electrons. The molecule has 0 aliphatic carbocycles. The van der Waals surface area contributed by atoms with Gasteiger partial charge in [0.15, 0.2) is 5.11 Å². The average Bonchev–Trinajstić information content (AvgIpc) is 3.22. The van der Waals surface area contributed by atoms with Gasteiger partial charge in [-0.25, -0.2) is 0 Å². The van der Waals surface area contributed by atoms with Crippen LogP contribution in [0, 0.1) is 27.7 Å². The summed E-state index contributed by atoms with van der Waals surface area (Å²) in [6, 6.07) is 14.9. The lowest BCUT2D eigenvalue weighted by atomic mass is 9.96. The van der Waals surface area contributed by atoms with Gasteiger partial charge in [0, 0.05) is 36.9 Å². The Bertz CT molecular complexity index is 1070. The van der Waals surface area contributed by atoms with Gasteiger partial charge in [-0.05, 0) is 86.9 Å². The summed E-state index contributed by atoms with van der Waals surface area (Å²) >= 11 is 5.88. The van der Waals surface area contributed by atoms with E-state index < -0.39 is 0 Å². The quantitative estimate of drug-likeness (QED) is 0.557. The van der Waals surface area contributed by atoms with Crippen molar-refractivity contribution in [1.29, 1.82) is 0 Å². The van der Waals surface area contributed by atoms with Crippen LogP contribution >= 0.6 is 12.2 Å². The van der Waals surface area contributed by atoms with Crippen LogP contribution < -0.4 is 10.2 Å². The zero-order chi connectivity index (χ0) is 22.1. The van der Waals surface area contributed by atoms with Crippen LogP contribution in [0.5, 0.6) is 0 Å². The van der Waals surface area contributed by atoms with Crippen molar-refractivity contribution in [2.24, 2.45) is 0 Å². The molecule has 0 unspecified atom stereocenters. The Morgan fingerprint density at radius 1 is 1.06 bits per heavy atom. The highest BCUT2D eigenvalue weighted by molar-refractivity contribution is 7.80. The Kier molecular flexibility index (Phi) is 6.12. The van der Waals surface area contributed by atoms with Crippen LogP contribution in [-0.4, -0.2) is 28.4 Å². The van der Waals surface area contributed by atoms with Gasteiger partial charge in [0.2, 0.25) is 0 Å². The van der Waals surface area contributed by atoms with Crippen LogP contribution in [-0.2, 0) is 11.3 Å². The fourth-order valence-electron chi connectivity index (χ4n) is 4.69. The van der Waals surface area contributed by atoms with Crippen molar-refractivity contribution in [2.75, 3.05) is 18.6 Å². The highest BCUT2D eigenvalue weighted by atomic mass is 32.1. The van der Waals surface area contributed by atoms with E-state index in [0.29, 0.717) is 6.61 Å². The third-order valence-electron chi connectivity index (χ3n) is 6.03. The molecule has 1 N–H and O–H groups in total. The molecule has 0 amide bonds. The molecule has 3 heterocycles. The molecule has 1 fully saturated rings. The lowest BCUT2D eigenvalue weighted by Gasteiger charge is -2.29. The number of methoxy groups -OCH3 is 1. The molecule has 0 saturated carbocycles. The summed E-state index contributed by atoms with van der Waals surface area (Å²) in [5.74, 6) is 0. The zero-order valence-corrected chi connectivity index (χ0v) is 19.7. The molecule has 3 aromatic rings. The second-order valence-corrected chi connectivity index (χ2v) is 8.70. The Balaban J connectivity index is 1.86. The smallest absolute Gasteiger partial charge is 0.174 e. The van der Waals surface area contributed by atoms with Crippen molar-refractivity contribution < 1.29 is 4.74 Å². The minimum absolute atomic E-state index is 0.00564. The summed E-state index contributed by atoms with van der Waals surface area (Å²) in [6.07, 6.45) is 1.85. The Hall–Kier alpha value is -2.70. The van der Waals surface area contributed by atoms with E-state index in [1.165, 1.54) is 28.1 Å². The minimum Gasteiger partial charge on any atom is -0.383 e. The van der Waals surface area contributed by atoms with Crippen LogP contribution in [0.2, 0.25) is 0 Å². The van der Waals surface area contributed by atoms with Gasteiger partial charge in [0.05, 0.1) is 24.4 Å². The number of benzene rings is 1. The van der Waals surface area contributed by atoms with Crippen LogP contribution in [0.4, 0.5) is 5.69 Å².